The van der Waals surface area contributed by atoms with E-state index >= 15 is 0 Å². The van der Waals surface area contributed by atoms with Crippen LogP contribution in [-0.4, -0.2) is 11.2 Å². The van der Waals surface area contributed by atoms with Gasteiger partial charge in [-0.3, -0.25) is 4.79 Å². The molecular weight excluding hydrogens is 196 g/mol. The minimum Gasteiger partial charge on any atom is -0.399 e. The summed E-state index contributed by atoms with van der Waals surface area (Å²) in [5.41, 5.74) is 11.9. The molecule has 0 aromatic heterocycles. The molecule has 0 bridgehead atoms. The van der Waals surface area contributed by atoms with E-state index < -0.39 is 5.91 Å². The second-order valence-electron chi connectivity index (χ2n) is 3.29. The lowest BCUT2D eigenvalue weighted by Gasteiger charge is -2.09. The Morgan fingerprint density at radius 3 is 2.57 bits per heavy atom. The van der Waals surface area contributed by atoms with Crippen molar-refractivity contribution in [1.82, 2.24) is 0 Å². The standard InChI is InChI=1S/C10H14N2OS/c1-6(2)14-9-4-3-7(11)5-8(9)10(12)13/h3-6H,11H2,1-2H3,(H2,12,13). The minimum absolute atomic E-state index is 0.414. The number of amides is 1. The highest BCUT2D eigenvalue weighted by atomic mass is 32.2. The van der Waals surface area contributed by atoms with Gasteiger partial charge in [0.2, 0.25) is 5.91 Å². The Morgan fingerprint density at radius 2 is 2.07 bits per heavy atom. The third-order valence-corrected chi connectivity index (χ3v) is 2.71. The molecule has 0 atom stereocenters. The number of hydrogen-bond acceptors (Lipinski definition) is 3. The molecule has 0 radical (unpaired) electrons. The number of carbonyl (C=O) groups excluding carboxylic acids is 1. The van der Waals surface area contributed by atoms with E-state index in [2.05, 4.69) is 13.8 Å². The third kappa shape index (κ3) is 2.67. The molecule has 1 aromatic rings. The highest BCUT2D eigenvalue weighted by Crippen LogP contribution is 2.27. The van der Waals surface area contributed by atoms with E-state index in [4.69, 9.17) is 11.5 Å². The zero-order chi connectivity index (χ0) is 10.7. The van der Waals surface area contributed by atoms with Crippen molar-refractivity contribution in [3.63, 3.8) is 0 Å². The molecule has 0 aliphatic carbocycles. The van der Waals surface area contributed by atoms with Gasteiger partial charge in [0.1, 0.15) is 0 Å². The summed E-state index contributed by atoms with van der Waals surface area (Å²) in [5.74, 6) is -0.430. The molecule has 4 N–H and O–H groups in total. The summed E-state index contributed by atoms with van der Waals surface area (Å²) in [4.78, 5) is 12.0. The fourth-order valence-corrected chi connectivity index (χ4v) is 2.04. The predicted octanol–water partition coefficient (Wildman–Crippen LogP) is 1.87. The summed E-state index contributed by atoms with van der Waals surface area (Å²) < 4.78 is 0. The van der Waals surface area contributed by atoms with E-state index in [1.165, 1.54) is 0 Å². The Bertz CT molecular complexity index is 350. The fourth-order valence-electron chi connectivity index (χ4n) is 1.10. The normalized spacial score (nSPS) is 10.5. The van der Waals surface area contributed by atoms with E-state index in [9.17, 15) is 4.79 Å². The zero-order valence-electron chi connectivity index (χ0n) is 8.28. The van der Waals surface area contributed by atoms with Crippen LogP contribution >= 0.6 is 11.8 Å². The van der Waals surface area contributed by atoms with E-state index in [0.717, 1.165) is 4.90 Å². The molecule has 0 fully saturated rings. The van der Waals surface area contributed by atoms with Crippen molar-refractivity contribution in [3.8, 4) is 0 Å². The van der Waals surface area contributed by atoms with Gasteiger partial charge in [0.05, 0.1) is 5.56 Å². The molecule has 0 aliphatic heterocycles. The monoisotopic (exact) mass is 210 g/mol. The Labute approximate surface area is 87.9 Å². The molecular formula is C10H14N2OS. The van der Waals surface area contributed by atoms with Gasteiger partial charge in [-0.05, 0) is 18.2 Å². The molecule has 0 saturated carbocycles. The molecule has 14 heavy (non-hydrogen) atoms. The number of carbonyl (C=O) groups is 1. The molecule has 0 aliphatic rings. The first-order valence-electron chi connectivity index (χ1n) is 4.36. The van der Waals surface area contributed by atoms with Crippen LogP contribution in [-0.2, 0) is 0 Å². The van der Waals surface area contributed by atoms with Crippen molar-refractivity contribution in [2.75, 3.05) is 5.73 Å². The molecule has 76 valence electrons. The van der Waals surface area contributed by atoms with Gasteiger partial charge in [-0.1, -0.05) is 13.8 Å². The largest absolute Gasteiger partial charge is 0.399 e. The smallest absolute Gasteiger partial charge is 0.249 e. The topological polar surface area (TPSA) is 69.1 Å². The summed E-state index contributed by atoms with van der Waals surface area (Å²) in [6, 6.07) is 5.23. The molecule has 1 aromatic carbocycles. The summed E-state index contributed by atoms with van der Waals surface area (Å²) >= 11 is 1.61. The second kappa shape index (κ2) is 4.37. The van der Waals surface area contributed by atoms with Crippen molar-refractivity contribution >= 4 is 23.4 Å². The first-order valence-corrected chi connectivity index (χ1v) is 5.24. The summed E-state index contributed by atoms with van der Waals surface area (Å²) in [7, 11) is 0. The van der Waals surface area contributed by atoms with Crippen LogP contribution in [0.5, 0.6) is 0 Å². The summed E-state index contributed by atoms with van der Waals surface area (Å²) in [5, 5.41) is 0.414. The Kier molecular flexibility index (Phi) is 3.41. The molecule has 0 saturated heterocycles. The maximum atomic E-state index is 11.1. The average molecular weight is 210 g/mol. The van der Waals surface area contributed by atoms with Gasteiger partial charge in [0, 0.05) is 15.8 Å². The van der Waals surface area contributed by atoms with E-state index in [1.54, 1.807) is 23.9 Å². The lowest BCUT2D eigenvalue weighted by atomic mass is 10.2. The maximum absolute atomic E-state index is 11.1. The van der Waals surface area contributed by atoms with E-state index in [-0.39, 0.29) is 0 Å². The number of benzene rings is 1. The molecule has 1 rings (SSSR count). The van der Waals surface area contributed by atoms with Gasteiger partial charge in [-0.2, -0.15) is 0 Å². The number of nitrogens with two attached hydrogens (primary N) is 2. The molecule has 0 heterocycles. The van der Waals surface area contributed by atoms with Crippen molar-refractivity contribution in [2.45, 2.75) is 24.0 Å². The van der Waals surface area contributed by atoms with Crippen molar-refractivity contribution < 1.29 is 4.79 Å². The van der Waals surface area contributed by atoms with E-state index in [1.807, 2.05) is 6.07 Å². The van der Waals surface area contributed by atoms with Crippen LogP contribution in [0.15, 0.2) is 23.1 Å². The average Bonchev–Trinajstić information content (AvgIpc) is 2.07. The second-order valence-corrected chi connectivity index (χ2v) is 4.90. The zero-order valence-corrected chi connectivity index (χ0v) is 9.10. The quantitative estimate of drug-likeness (QED) is 0.591. The van der Waals surface area contributed by atoms with Gasteiger partial charge < -0.3 is 11.5 Å². The fraction of sp³-hybridized carbons (Fsp3) is 0.300. The first kappa shape index (κ1) is 10.9. The Balaban J connectivity index is 3.08. The van der Waals surface area contributed by atoms with Gasteiger partial charge in [0.25, 0.3) is 0 Å². The van der Waals surface area contributed by atoms with Crippen LogP contribution < -0.4 is 11.5 Å². The lowest BCUT2D eigenvalue weighted by Crippen LogP contribution is -2.13. The van der Waals surface area contributed by atoms with Crippen molar-refractivity contribution in [1.29, 1.82) is 0 Å². The van der Waals surface area contributed by atoms with Gasteiger partial charge in [-0.25, -0.2) is 0 Å². The van der Waals surface area contributed by atoms with Gasteiger partial charge in [-0.15, -0.1) is 11.8 Å². The Hall–Kier alpha value is -1.16. The third-order valence-electron chi connectivity index (χ3n) is 1.63. The lowest BCUT2D eigenvalue weighted by molar-refractivity contribution is 0.0997. The van der Waals surface area contributed by atoms with Gasteiger partial charge >= 0.3 is 0 Å². The van der Waals surface area contributed by atoms with Crippen LogP contribution in [0.3, 0.4) is 0 Å². The molecule has 0 spiro atoms. The van der Waals surface area contributed by atoms with E-state index in [0.29, 0.717) is 16.5 Å². The highest BCUT2D eigenvalue weighted by Gasteiger charge is 2.10. The first-order chi connectivity index (χ1) is 6.50. The summed E-state index contributed by atoms with van der Waals surface area (Å²) in [6.45, 7) is 4.12. The number of rotatable bonds is 3. The summed E-state index contributed by atoms with van der Waals surface area (Å²) in [6.07, 6.45) is 0. The molecule has 3 nitrogen and oxygen atoms in total. The van der Waals surface area contributed by atoms with Crippen LogP contribution in [0.25, 0.3) is 0 Å². The van der Waals surface area contributed by atoms with Crippen LogP contribution in [0.4, 0.5) is 5.69 Å². The highest BCUT2D eigenvalue weighted by molar-refractivity contribution is 8.00. The maximum Gasteiger partial charge on any atom is 0.249 e. The van der Waals surface area contributed by atoms with Gasteiger partial charge in [0.15, 0.2) is 0 Å². The van der Waals surface area contributed by atoms with Crippen LogP contribution in [0.1, 0.15) is 24.2 Å². The minimum atomic E-state index is -0.430. The SMILES string of the molecule is CC(C)Sc1ccc(N)cc1C(N)=O. The number of hydrogen-bond donors (Lipinski definition) is 2. The molecule has 4 heteroatoms. The Morgan fingerprint density at radius 1 is 1.43 bits per heavy atom. The molecule has 0 unspecified atom stereocenters. The van der Waals surface area contributed by atoms with Crippen molar-refractivity contribution in [2.24, 2.45) is 5.73 Å². The number of anilines is 1. The number of primary amides is 1. The van der Waals surface area contributed by atoms with Crippen LogP contribution in [0.2, 0.25) is 0 Å². The van der Waals surface area contributed by atoms with Crippen LogP contribution in [0, 0.1) is 0 Å². The molecule has 1 amide bonds. The van der Waals surface area contributed by atoms with Crippen molar-refractivity contribution in [3.05, 3.63) is 23.8 Å². The number of thioether (sulfide) groups is 1. The predicted molar refractivity (Wildman–Crippen MR) is 60.4 cm³/mol. The number of nitrogen functional groups attached to an aromatic ring is 1.